The molecule has 28 heavy (non-hydrogen) atoms. The molecule has 2 aromatic carbocycles. The molecule has 0 radical (unpaired) electrons. The van der Waals surface area contributed by atoms with Crippen LogP contribution in [0.3, 0.4) is 0 Å². The molecule has 0 aromatic heterocycles. The number of alkyl halides is 2. The van der Waals surface area contributed by atoms with Gasteiger partial charge in [0.2, 0.25) is 0 Å². The number of anilines is 1. The van der Waals surface area contributed by atoms with Crippen molar-refractivity contribution < 1.29 is 32.6 Å². The van der Waals surface area contributed by atoms with Crippen LogP contribution in [0.2, 0.25) is 5.02 Å². The van der Waals surface area contributed by atoms with Crippen molar-refractivity contribution in [3.8, 4) is 11.5 Å². The summed E-state index contributed by atoms with van der Waals surface area (Å²) >= 11 is 5.80. The molecule has 0 aliphatic carbocycles. The lowest BCUT2D eigenvalue weighted by Crippen LogP contribution is -2.21. The van der Waals surface area contributed by atoms with Crippen molar-refractivity contribution in [2.75, 3.05) is 18.5 Å². The maximum absolute atomic E-state index is 12.2. The van der Waals surface area contributed by atoms with Crippen LogP contribution in [-0.4, -0.2) is 31.7 Å². The quantitative estimate of drug-likeness (QED) is 0.492. The molecule has 0 aliphatic rings. The van der Waals surface area contributed by atoms with E-state index in [1.165, 1.54) is 30.3 Å². The minimum absolute atomic E-state index is 0.103. The maximum atomic E-state index is 12.2. The highest BCUT2D eigenvalue weighted by Gasteiger charge is 2.13. The van der Waals surface area contributed by atoms with Crippen molar-refractivity contribution in [2.45, 2.75) is 6.61 Å². The average Bonchev–Trinajstić information content (AvgIpc) is 2.66. The highest BCUT2D eigenvalue weighted by Crippen LogP contribution is 2.28. The summed E-state index contributed by atoms with van der Waals surface area (Å²) in [4.78, 5) is 23.8. The van der Waals surface area contributed by atoms with Gasteiger partial charge in [-0.05, 0) is 42.5 Å². The predicted octanol–water partition coefficient (Wildman–Crippen LogP) is 4.30. The SMILES string of the molecule is C=CCOc1ccc(C(=O)OCC(=O)Nc2ccc(OC(F)F)c(Cl)c2)cc1. The Morgan fingerprint density at radius 2 is 1.89 bits per heavy atom. The van der Waals surface area contributed by atoms with Gasteiger partial charge in [-0.2, -0.15) is 8.78 Å². The van der Waals surface area contributed by atoms with E-state index in [2.05, 4.69) is 16.6 Å². The van der Waals surface area contributed by atoms with Crippen LogP contribution in [0.15, 0.2) is 55.1 Å². The zero-order valence-corrected chi connectivity index (χ0v) is 15.2. The number of benzene rings is 2. The zero-order valence-electron chi connectivity index (χ0n) is 14.5. The van der Waals surface area contributed by atoms with Crippen LogP contribution in [-0.2, 0) is 9.53 Å². The molecule has 0 heterocycles. The Morgan fingerprint density at radius 1 is 1.18 bits per heavy atom. The standard InChI is InChI=1S/C19H16ClF2NO5/c1-2-9-26-14-6-3-12(4-7-14)18(25)27-11-17(24)23-13-5-8-16(15(20)10-13)28-19(21)22/h2-8,10,19H,1,9,11H2,(H,23,24). The van der Waals surface area contributed by atoms with Crippen molar-refractivity contribution in [1.82, 2.24) is 0 Å². The van der Waals surface area contributed by atoms with Gasteiger partial charge >= 0.3 is 12.6 Å². The third-order valence-corrected chi connectivity index (χ3v) is 3.52. The molecule has 0 atom stereocenters. The lowest BCUT2D eigenvalue weighted by Gasteiger charge is -2.10. The van der Waals surface area contributed by atoms with E-state index in [0.29, 0.717) is 12.4 Å². The molecule has 1 N–H and O–H groups in total. The number of esters is 1. The summed E-state index contributed by atoms with van der Waals surface area (Å²) in [6.45, 7) is 0.313. The fraction of sp³-hybridized carbons (Fsp3) is 0.158. The van der Waals surface area contributed by atoms with Crippen LogP contribution >= 0.6 is 11.6 Å². The molecule has 0 bridgehead atoms. The maximum Gasteiger partial charge on any atom is 0.387 e. The van der Waals surface area contributed by atoms with E-state index in [-0.39, 0.29) is 22.0 Å². The van der Waals surface area contributed by atoms with Crippen LogP contribution in [0.4, 0.5) is 14.5 Å². The van der Waals surface area contributed by atoms with E-state index in [9.17, 15) is 18.4 Å². The summed E-state index contributed by atoms with van der Waals surface area (Å²) in [5.41, 5.74) is 0.478. The molecule has 1 amide bonds. The summed E-state index contributed by atoms with van der Waals surface area (Å²) in [6, 6.07) is 9.93. The second-order valence-corrected chi connectivity index (χ2v) is 5.68. The van der Waals surface area contributed by atoms with Gasteiger partial charge < -0.3 is 19.5 Å². The Bertz CT molecular complexity index is 843. The third-order valence-electron chi connectivity index (χ3n) is 3.22. The van der Waals surface area contributed by atoms with Gasteiger partial charge in [-0.15, -0.1) is 0 Å². The number of ether oxygens (including phenoxy) is 3. The largest absolute Gasteiger partial charge is 0.490 e. The summed E-state index contributed by atoms with van der Waals surface area (Å²) < 4.78 is 38.8. The minimum atomic E-state index is -3.01. The van der Waals surface area contributed by atoms with Crippen LogP contribution in [0, 0.1) is 0 Å². The summed E-state index contributed by atoms with van der Waals surface area (Å²) in [5.74, 6) is -0.978. The first-order valence-electron chi connectivity index (χ1n) is 7.94. The number of hydrogen-bond acceptors (Lipinski definition) is 5. The Morgan fingerprint density at radius 3 is 2.50 bits per heavy atom. The van der Waals surface area contributed by atoms with Crippen LogP contribution < -0.4 is 14.8 Å². The first-order valence-corrected chi connectivity index (χ1v) is 8.32. The van der Waals surface area contributed by atoms with Crippen LogP contribution in [0.1, 0.15) is 10.4 Å². The third kappa shape index (κ3) is 6.55. The van der Waals surface area contributed by atoms with Crippen molar-refractivity contribution >= 4 is 29.2 Å². The summed E-state index contributed by atoms with van der Waals surface area (Å²) in [6.07, 6.45) is 1.59. The Labute approximate surface area is 164 Å². The number of hydrogen-bond donors (Lipinski definition) is 1. The van der Waals surface area contributed by atoms with Crippen molar-refractivity contribution in [3.05, 3.63) is 65.7 Å². The highest BCUT2D eigenvalue weighted by molar-refractivity contribution is 6.32. The van der Waals surface area contributed by atoms with Gasteiger partial charge in [0.05, 0.1) is 10.6 Å². The second kappa shape index (κ2) is 10.3. The molecule has 0 saturated heterocycles. The highest BCUT2D eigenvalue weighted by atomic mass is 35.5. The van der Waals surface area contributed by atoms with E-state index in [0.717, 1.165) is 0 Å². The van der Waals surface area contributed by atoms with Crippen LogP contribution in [0.25, 0.3) is 0 Å². The van der Waals surface area contributed by atoms with E-state index in [1.54, 1.807) is 18.2 Å². The monoisotopic (exact) mass is 411 g/mol. The molecule has 148 valence electrons. The molecule has 0 fully saturated rings. The number of carbonyl (C=O) groups is 2. The smallest absolute Gasteiger partial charge is 0.387 e. The number of halogens is 3. The van der Waals surface area contributed by atoms with Gasteiger partial charge in [-0.25, -0.2) is 4.79 Å². The summed E-state index contributed by atoms with van der Waals surface area (Å²) in [5, 5.41) is 2.33. The fourth-order valence-corrected chi connectivity index (χ4v) is 2.25. The molecule has 0 saturated carbocycles. The Hall–Kier alpha value is -3.13. The van der Waals surface area contributed by atoms with Gasteiger partial charge in [-0.3, -0.25) is 4.79 Å². The number of rotatable bonds is 9. The number of nitrogens with one attached hydrogen (secondary N) is 1. The van der Waals surface area contributed by atoms with E-state index >= 15 is 0 Å². The van der Waals surface area contributed by atoms with Crippen molar-refractivity contribution in [2.24, 2.45) is 0 Å². The molecule has 0 spiro atoms. The molecular weight excluding hydrogens is 396 g/mol. The molecule has 2 aromatic rings. The molecule has 2 rings (SSSR count). The molecular formula is C19H16ClF2NO5. The number of carbonyl (C=O) groups excluding carboxylic acids is 2. The molecule has 6 nitrogen and oxygen atoms in total. The van der Waals surface area contributed by atoms with Gasteiger partial charge in [-0.1, -0.05) is 24.3 Å². The van der Waals surface area contributed by atoms with Gasteiger partial charge in [0.25, 0.3) is 5.91 Å². The van der Waals surface area contributed by atoms with Crippen LogP contribution in [0.5, 0.6) is 11.5 Å². The minimum Gasteiger partial charge on any atom is -0.490 e. The molecule has 9 heteroatoms. The second-order valence-electron chi connectivity index (χ2n) is 5.27. The zero-order chi connectivity index (χ0) is 20.5. The van der Waals surface area contributed by atoms with E-state index < -0.39 is 25.1 Å². The Balaban J connectivity index is 1.85. The first kappa shape index (κ1) is 21.2. The normalized spacial score (nSPS) is 10.3. The van der Waals surface area contributed by atoms with Crippen molar-refractivity contribution in [1.29, 1.82) is 0 Å². The average molecular weight is 412 g/mol. The molecule has 0 unspecified atom stereocenters. The first-order chi connectivity index (χ1) is 13.4. The van der Waals surface area contributed by atoms with Gasteiger partial charge in [0.1, 0.15) is 18.1 Å². The molecule has 0 aliphatic heterocycles. The fourth-order valence-electron chi connectivity index (χ4n) is 2.02. The van der Waals surface area contributed by atoms with Gasteiger partial charge in [0.15, 0.2) is 6.61 Å². The van der Waals surface area contributed by atoms with E-state index in [1.807, 2.05) is 0 Å². The Kier molecular flexibility index (Phi) is 7.76. The van der Waals surface area contributed by atoms with Crippen molar-refractivity contribution in [3.63, 3.8) is 0 Å². The number of amides is 1. The lowest BCUT2D eigenvalue weighted by molar-refractivity contribution is -0.119. The van der Waals surface area contributed by atoms with Gasteiger partial charge in [0, 0.05) is 5.69 Å². The van der Waals surface area contributed by atoms with E-state index in [4.69, 9.17) is 21.1 Å². The predicted molar refractivity (Wildman–Crippen MR) is 99.1 cm³/mol. The topological polar surface area (TPSA) is 73.9 Å². The summed E-state index contributed by atoms with van der Waals surface area (Å²) in [7, 11) is 0. The lowest BCUT2D eigenvalue weighted by atomic mass is 10.2.